The molecule has 360 valence electrons. The van der Waals surface area contributed by atoms with Crippen molar-refractivity contribution in [2.24, 2.45) is 0 Å². The third kappa shape index (κ3) is 14.5. The molecule has 30 heteroatoms. The summed E-state index contributed by atoms with van der Waals surface area (Å²) in [6.45, 7) is 0. The van der Waals surface area contributed by atoms with Gasteiger partial charge < -0.3 is 34.5 Å². The first-order chi connectivity index (χ1) is 31.8. The standard InChI is InChI=1S/2C19H17N9.2Ag.2BF4/c2*1-6-16(18(25-12-2-8-20-25)26-13-3-9-21-26)24-17(7-1)19(27-14-4-10-22-27)28-15-5-11-23-28;;;2*2-1(3,4)5/h2*1-15,18-19H;;;;/q;;2*+1;2*-1. The van der Waals surface area contributed by atoms with Crippen LogP contribution in [0.1, 0.15) is 47.4 Å². The van der Waals surface area contributed by atoms with Crippen molar-refractivity contribution < 1.29 is 79.3 Å². The molecule has 10 heterocycles. The van der Waals surface area contributed by atoms with Gasteiger partial charge in [-0.05, 0) is 72.8 Å². The summed E-state index contributed by atoms with van der Waals surface area (Å²) < 4.78 is 92.6. The Morgan fingerprint density at radius 2 is 0.426 bits per heavy atom. The van der Waals surface area contributed by atoms with Crippen LogP contribution in [0.5, 0.6) is 0 Å². The average molecular weight is 1130 g/mol. The fourth-order valence-electron chi connectivity index (χ4n) is 6.48. The first-order valence-corrected chi connectivity index (χ1v) is 19.4. The molecule has 10 aromatic heterocycles. The van der Waals surface area contributed by atoms with Gasteiger partial charge in [-0.1, -0.05) is 12.1 Å². The van der Waals surface area contributed by atoms with Gasteiger partial charge in [-0.2, -0.15) is 40.8 Å². The molecule has 18 nitrogen and oxygen atoms in total. The summed E-state index contributed by atoms with van der Waals surface area (Å²) in [5.74, 6) is 0. The maximum absolute atomic E-state index is 9.75. The van der Waals surface area contributed by atoms with E-state index in [2.05, 4.69) is 40.8 Å². The van der Waals surface area contributed by atoms with Gasteiger partial charge in [-0.15, -0.1) is 0 Å². The van der Waals surface area contributed by atoms with E-state index in [1.807, 2.05) is 172 Å². The number of rotatable bonds is 12. The first-order valence-electron chi connectivity index (χ1n) is 19.4. The second-order valence-electron chi connectivity index (χ2n) is 13.3. The summed E-state index contributed by atoms with van der Waals surface area (Å²) in [5, 5.41) is 35.2. The number of hydrogen-bond donors (Lipinski definition) is 0. The van der Waals surface area contributed by atoms with Gasteiger partial charge >= 0.3 is 59.3 Å². The SMILES string of the molecule is F[B-](F)(F)F.F[B-](F)(F)F.[Ag+].[Ag+].c1cc(C(n2cccn2)n2cccn2)nc(C(n2cccn2)n2cccn2)c1.c1cc(C(n2cccn2)n2cccn2)nc(C(n2cccn2)n2cccn2)c1. The maximum Gasteiger partial charge on any atom is 1.00 e. The Kier molecular flexibility index (Phi) is 18.5. The largest absolute Gasteiger partial charge is 1.00 e. The van der Waals surface area contributed by atoms with Crippen LogP contribution in [0.15, 0.2) is 184 Å². The molecule has 10 aromatic rings. The van der Waals surface area contributed by atoms with Crippen LogP contribution in [0.2, 0.25) is 0 Å². The quantitative estimate of drug-likeness (QED) is 0.0948. The van der Waals surface area contributed by atoms with Crippen LogP contribution in [-0.2, 0) is 44.8 Å². The Bertz CT molecular complexity index is 2330. The smallest absolute Gasteiger partial charge is 0.418 e. The van der Waals surface area contributed by atoms with Crippen molar-refractivity contribution in [3.63, 3.8) is 0 Å². The molecule has 0 bridgehead atoms. The van der Waals surface area contributed by atoms with Crippen molar-refractivity contribution in [2.75, 3.05) is 0 Å². The molecule has 0 saturated carbocycles. The van der Waals surface area contributed by atoms with E-state index >= 15 is 0 Å². The minimum absolute atomic E-state index is 0. The predicted octanol–water partition coefficient (Wildman–Crippen LogP) is 6.71. The molecule has 0 saturated heterocycles. The Morgan fingerprint density at radius 1 is 0.279 bits per heavy atom. The predicted molar refractivity (Wildman–Crippen MR) is 221 cm³/mol. The molecule has 0 radical (unpaired) electrons. The zero-order valence-electron chi connectivity index (χ0n) is 34.5. The van der Waals surface area contributed by atoms with Gasteiger partial charge in [0, 0.05) is 99.1 Å². The Labute approximate surface area is 411 Å². The van der Waals surface area contributed by atoms with E-state index < -0.39 is 14.5 Å². The topological polar surface area (TPSA) is 168 Å². The third-order valence-corrected chi connectivity index (χ3v) is 8.85. The normalized spacial score (nSPS) is 11.2. The zero-order chi connectivity index (χ0) is 46.5. The zero-order valence-corrected chi connectivity index (χ0v) is 37.4. The summed E-state index contributed by atoms with van der Waals surface area (Å²) >= 11 is 0. The fraction of sp³-hybridized carbons (Fsp3) is 0.105. The maximum atomic E-state index is 9.75. The molecule has 68 heavy (non-hydrogen) atoms. The van der Waals surface area contributed by atoms with Crippen LogP contribution in [0, 0.1) is 0 Å². The van der Waals surface area contributed by atoms with Gasteiger partial charge in [0.1, 0.15) is 0 Å². The van der Waals surface area contributed by atoms with Crippen LogP contribution < -0.4 is 0 Å². The number of aromatic nitrogens is 18. The average Bonchev–Trinajstić information content (AvgIpc) is 4.13. The van der Waals surface area contributed by atoms with Crippen molar-refractivity contribution >= 4 is 14.5 Å². The van der Waals surface area contributed by atoms with Gasteiger partial charge in [0.15, 0.2) is 24.7 Å². The van der Waals surface area contributed by atoms with E-state index in [4.69, 9.17) is 9.97 Å². The minimum Gasteiger partial charge on any atom is -0.418 e. The first kappa shape index (κ1) is 52.0. The van der Waals surface area contributed by atoms with Gasteiger partial charge in [-0.3, -0.25) is 0 Å². The van der Waals surface area contributed by atoms with Crippen LogP contribution in [-0.4, -0.2) is 103 Å². The molecule has 0 aliphatic rings. The minimum atomic E-state index is -6.00. The molecule has 0 amide bonds. The Morgan fingerprint density at radius 3 is 0.544 bits per heavy atom. The van der Waals surface area contributed by atoms with Crippen LogP contribution in [0.3, 0.4) is 0 Å². The molecule has 10 rings (SSSR count). The van der Waals surface area contributed by atoms with Crippen molar-refractivity contribution in [1.29, 1.82) is 0 Å². The number of nitrogens with zero attached hydrogens (tertiary/aromatic N) is 18. The summed E-state index contributed by atoms with van der Waals surface area (Å²) in [6.07, 6.45) is 28.0. The van der Waals surface area contributed by atoms with E-state index in [1.54, 1.807) is 49.6 Å². The summed E-state index contributed by atoms with van der Waals surface area (Å²) in [4.78, 5) is 9.91. The number of pyridine rings is 2. The van der Waals surface area contributed by atoms with E-state index in [-0.39, 0.29) is 69.4 Å². The van der Waals surface area contributed by atoms with E-state index in [0.717, 1.165) is 22.8 Å². The van der Waals surface area contributed by atoms with Gasteiger partial charge in [-0.25, -0.2) is 47.4 Å². The van der Waals surface area contributed by atoms with Gasteiger partial charge in [0.05, 0.1) is 22.8 Å². The molecule has 0 aliphatic heterocycles. The molecule has 0 atom stereocenters. The van der Waals surface area contributed by atoms with Crippen molar-refractivity contribution in [2.45, 2.75) is 24.7 Å². The molecule has 0 spiro atoms. The molecule has 0 fully saturated rings. The molecular formula is C38H34Ag2B2F8N18. The molecule has 0 aromatic carbocycles. The van der Waals surface area contributed by atoms with Crippen LogP contribution in [0.25, 0.3) is 0 Å². The van der Waals surface area contributed by atoms with E-state index in [1.165, 1.54) is 0 Å². The second-order valence-corrected chi connectivity index (χ2v) is 13.3. The number of hydrogen-bond acceptors (Lipinski definition) is 10. The van der Waals surface area contributed by atoms with Crippen LogP contribution in [0.4, 0.5) is 34.5 Å². The van der Waals surface area contributed by atoms with Crippen molar-refractivity contribution in [3.8, 4) is 0 Å². The van der Waals surface area contributed by atoms with E-state index in [9.17, 15) is 34.5 Å². The summed E-state index contributed by atoms with van der Waals surface area (Å²) in [6, 6.07) is 26.9. The van der Waals surface area contributed by atoms with Gasteiger partial charge in [0.2, 0.25) is 0 Å². The summed E-state index contributed by atoms with van der Waals surface area (Å²) in [7, 11) is -12.0. The van der Waals surface area contributed by atoms with Crippen molar-refractivity contribution in [1.82, 2.24) is 88.2 Å². The second kappa shape index (κ2) is 24.2. The third-order valence-electron chi connectivity index (χ3n) is 8.85. The monoisotopic (exact) mass is 1130 g/mol. The van der Waals surface area contributed by atoms with Crippen LogP contribution >= 0.6 is 0 Å². The number of halogens is 8. The molecule has 0 aliphatic carbocycles. The fourth-order valence-corrected chi connectivity index (χ4v) is 6.48. The van der Waals surface area contributed by atoms with Gasteiger partial charge in [0.25, 0.3) is 0 Å². The van der Waals surface area contributed by atoms with Crippen molar-refractivity contribution in [3.05, 3.63) is 207 Å². The summed E-state index contributed by atoms with van der Waals surface area (Å²) in [5.41, 5.74) is 3.26. The Hall–Kier alpha value is -6.97. The molecular weight excluding hydrogens is 1100 g/mol. The Balaban J connectivity index is 0.000000207. The van der Waals surface area contributed by atoms with E-state index in [0.29, 0.717) is 0 Å². The molecule has 0 N–H and O–H groups in total. The molecule has 0 unspecified atom stereocenters.